The third-order valence-electron chi connectivity index (χ3n) is 4.25. The van der Waals surface area contributed by atoms with Crippen molar-refractivity contribution in [2.45, 2.75) is 38.3 Å². The Balaban J connectivity index is 1.71. The first kappa shape index (κ1) is 12.3. The summed E-state index contributed by atoms with van der Waals surface area (Å²) in [7, 11) is 2.20. The van der Waals surface area contributed by atoms with Crippen LogP contribution in [-0.4, -0.2) is 55.2 Å². The zero-order valence-corrected chi connectivity index (χ0v) is 10.7. The zero-order chi connectivity index (χ0) is 11.6. The summed E-state index contributed by atoms with van der Waals surface area (Å²) < 4.78 is 13.6. The Bertz CT molecular complexity index is 212. The molecule has 2 aliphatic rings. The van der Waals surface area contributed by atoms with Gasteiger partial charge in [-0.05, 0) is 58.7 Å². The molecule has 0 N–H and O–H groups in total. The molecule has 94 valence electrons. The summed E-state index contributed by atoms with van der Waals surface area (Å²) in [6.07, 6.45) is 4.08. The third kappa shape index (κ3) is 3.42. The Morgan fingerprint density at radius 2 is 1.69 bits per heavy atom. The van der Waals surface area contributed by atoms with E-state index in [1.807, 2.05) is 0 Å². The van der Waals surface area contributed by atoms with Crippen LogP contribution in [0.5, 0.6) is 0 Å². The maximum absolute atomic E-state index is 13.6. The van der Waals surface area contributed by atoms with Gasteiger partial charge in [-0.2, -0.15) is 0 Å². The molecule has 0 saturated carbocycles. The first-order valence-electron chi connectivity index (χ1n) is 6.65. The summed E-state index contributed by atoms with van der Waals surface area (Å²) in [4.78, 5) is 4.88. The van der Waals surface area contributed by atoms with Gasteiger partial charge in [0, 0.05) is 19.6 Å². The van der Waals surface area contributed by atoms with E-state index in [0.29, 0.717) is 0 Å². The minimum absolute atomic E-state index is 0.722. The number of hydrogen-bond donors (Lipinski definition) is 0. The Labute approximate surface area is 98.8 Å². The first-order chi connectivity index (χ1) is 7.55. The highest BCUT2D eigenvalue weighted by molar-refractivity contribution is 4.83. The Morgan fingerprint density at radius 1 is 1.12 bits per heavy atom. The molecular weight excluding hydrogens is 203 g/mol. The van der Waals surface area contributed by atoms with Gasteiger partial charge in [-0.15, -0.1) is 0 Å². The fourth-order valence-electron chi connectivity index (χ4n) is 2.81. The van der Waals surface area contributed by atoms with Crippen LogP contribution in [-0.2, 0) is 0 Å². The standard InChI is InChI=1S/C13H25FN2/c1-13(14)5-9-16(10-6-13)11-12-3-7-15(2)8-4-12/h12H,3-11H2,1-2H3. The monoisotopic (exact) mass is 228 g/mol. The average Bonchev–Trinajstić information content (AvgIpc) is 2.24. The van der Waals surface area contributed by atoms with Crippen molar-refractivity contribution in [2.24, 2.45) is 5.92 Å². The Morgan fingerprint density at radius 3 is 2.25 bits per heavy atom. The predicted molar refractivity (Wildman–Crippen MR) is 65.4 cm³/mol. The zero-order valence-electron chi connectivity index (χ0n) is 10.7. The van der Waals surface area contributed by atoms with E-state index in [1.165, 1.54) is 32.5 Å². The van der Waals surface area contributed by atoms with E-state index in [0.717, 1.165) is 31.8 Å². The van der Waals surface area contributed by atoms with Gasteiger partial charge < -0.3 is 9.80 Å². The van der Waals surface area contributed by atoms with Gasteiger partial charge >= 0.3 is 0 Å². The van der Waals surface area contributed by atoms with E-state index >= 15 is 0 Å². The van der Waals surface area contributed by atoms with E-state index in [1.54, 1.807) is 6.92 Å². The Hall–Kier alpha value is -0.150. The van der Waals surface area contributed by atoms with Gasteiger partial charge in [0.05, 0.1) is 0 Å². The second-order valence-corrected chi connectivity index (χ2v) is 5.96. The van der Waals surface area contributed by atoms with Gasteiger partial charge in [-0.25, -0.2) is 4.39 Å². The van der Waals surface area contributed by atoms with Gasteiger partial charge in [0.15, 0.2) is 0 Å². The number of alkyl halides is 1. The molecule has 2 heterocycles. The van der Waals surface area contributed by atoms with Crippen LogP contribution in [0.1, 0.15) is 32.6 Å². The maximum Gasteiger partial charge on any atom is 0.110 e. The molecule has 0 spiro atoms. The lowest BCUT2D eigenvalue weighted by Crippen LogP contribution is -2.43. The SMILES string of the molecule is CN1CCC(CN2CCC(C)(F)CC2)CC1. The predicted octanol–water partition coefficient (Wildman–Crippen LogP) is 2.15. The van der Waals surface area contributed by atoms with Crippen LogP contribution in [0.4, 0.5) is 4.39 Å². The molecular formula is C13H25FN2. The molecule has 2 fully saturated rings. The summed E-state index contributed by atoms with van der Waals surface area (Å²) >= 11 is 0. The summed E-state index contributed by atoms with van der Waals surface area (Å²) in [5.41, 5.74) is -0.900. The fraction of sp³-hybridized carbons (Fsp3) is 1.00. The largest absolute Gasteiger partial charge is 0.306 e. The average molecular weight is 228 g/mol. The molecule has 2 aliphatic heterocycles. The molecule has 0 aliphatic carbocycles. The molecule has 2 rings (SSSR count). The molecule has 0 aromatic rings. The number of hydrogen-bond acceptors (Lipinski definition) is 2. The van der Waals surface area contributed by atoms with Gasteiger partial charge in [-0.3, -0.25) is 0 Å². The van der Waals surface area contributed by atoms with E-state index in [-0.39, 0.29) is 0 Å². The summed E-state index contributed by atoms with van der Waals surface area (Å²) in [5, 5.41) is 0. The van der Waals surface area contributed by atoms with Crippen molar-refractivity contribution in [1.82, 2.24) is 9.80 Å². The lowest BCUT2D eigenvalue weighted by Gasteiger charge is -2.38. The number of likely N-dealkylation sites (tertiary alicyclic amines) is 2. The van der Waals surface area contributed by atoms with E-state index < -0.39 is 5.67 Å². The number of nitrogens with zero attached hydrogens (tertiary/aromatic N) is 2. The van der Waals surface area contributed by atoms with Gasteiger partial charge in [0.25, 0.3) is 0 Å². The fourth-order valence-corrected chi connectivity index (χ4v) is 2.81. The van der Waals surface area contributed by atoms with Gasteiger partial charge in [0.2, 0.25) is 0 Å². The normalized spacial score (nSPS) is 29.4. The smallest absolute Gasteiger partial charge is 0.110 e. The van der Waals surface area contributed by atoms with Crippen LogP contribution in [0.25, 0.3) is 0 Å². The highest BCUT2D eigenvalue weighted by Crippen LogP contribution is 2.27. The molecule has 0 atom stereocenters. The minimum atomic E-state index is -0.900. The third-order valence-corrected chi connectivity index (χ3v) is 4.25. The second-order valence-electron chi connectivity index (χ2n) is 5.96. The molecule has 0 radical (unpaired) electrons. The van der Waals surface area contributed by atoms with Crippen LogP contribution in [0.15, 0.2) is 0 Å². The molecule has 0 bridgehead atoms. The highest BCUT2D eigenvalue weighted by atomic mass is 19.1. The number of rotatable bonds is 2. The van der Waals surface area contributed by atoms with Crippen molar-refractivity contribution in [3.8, 4) is 0 Å². The molecule has 0 aromatic carbocycles. The lowest BCUT2D eigenvalue weighted by atomic mass is 9.92. The first-order valence-corrected chi connectivity index (χ1v) is 6.65. The maximum atomic E-state index is 13.6. The van der Waals surface area contributed by atoms with Crippen LogP contribution >= 0.6 is 0 Å². The van der Waals surface area contributed by atoms with Crippen molar-refractivity contribution in [3.05, 3.63) is 0 Å². The van der Waals surface area contributed by atoms with Crippen LogP contribution in [0.3, 0.4) is 0 Å². The number of halogens is 1. The van der Waals surface area contributed by atoms with Crippen molar-refractivity contribution in [1.29, 1.82) is 0 Å². The molecule has 0 aromatic heterocycles. The molecule has 16 heavy (non-hydrogen) atoms. The molecule has 0 amide bonds. The van der Waals surface area contributed by atoms with Crippen LogP contribution in [0, 0.1) is 5.92 Å². The van der Waals surface area contributed by atoms with Crippen molar-refractivity contribution in [3.63, 3.8) is 0 Å². The number of piperidine rings is 2. The lowest BCUT2D eigenvalue weighted by molar-refractivity contribution is 0.0584. The van der Waals surface area contributed by atoms with Crippen LogP contribution in [0.2, 0.25) is 0 Å². The topological polar surface area (TPSA) is 6.48 Å². The highest BCUT2D eigenvalue weighted by Gasteiger charge is 2.30. The molecule has 3 heteroatoms. The summed E-state index contributed by atoms with van der Waals surface area (Å²) in [6.45, 7) is 7.33. The van der Waals surface area contributed by atoms with Crippen molar-refractivity contribution < 1.29 is 4.39 Å². The molecule has 2 saturated heterocycles. The Kier molecular flexibility index (Phi) is 3.85. The minimum Gasteiger partial charge on any atom is -0.306 e. The quantitative estimate of drug-likeness (QED) is 0.714. The second kappa shape index (κ2) is 5.01. The van der Waals surface area contributed by atoms with Gasteiger partial charge in [0.1, 0.15) is 5.67 Å². The molecule has 2 nitrogen and oxygen atoms in total. The van der Waals surface area contributed by atoms with E-state index in [9.17, 15) is 4.39 Å². The molecule has 0 unspecified atom stereocenters. The van der Waals surface area contributed by atoms with Crippen LogP contribution < -0.4 is 0 Å². The van der Waals surface area contributed by atoms with Crippen molar-refractivity contribution >= 4 is 0 Å². The summed E-state index contributed by atoms with van der Waals surface area (Å²) in [6, 6.07) is 0. The summed E-state index contributed by atoms with van der Waals surface area (Å²) in [5.74, 6) is 0.847. The van der Waals surface area contributed by atoms with Crippen molar-refractivity contribution in [2.75, 3.05) is 39.8 Å². The van der Waals surface area contributed by atoms with Gasteiger partial charge in [-0.1, -0.05) is 0 Å². The van der Waals surface area contributed by atoms with E-state index in [2.05, 4.69) is 16.8 Å². The van der Waals surface area contributed by atoms with E-state index in [4.69, 9.17) is 0 Å².